The van der Waals surface area contributed by atoms with Crippen LogP contribution in [0.3, 0.4) is 0 Å². The number of ether oxygens (including phenoxy) is 2. The average Bonchev–Trinajstić information content (AvgIpc) is 3.17. The van der Waals surface area contributed by atoms with E-state index in [0.717, 1.165) is 52.1 Å². The minimum Gasteiger partial charge on any atom is -0.493 e. The highest BCUT2D eigenvalue weighted by Gasteiger charge is 2.13. The summed E-state index contributed by atoms with van der Waals surface area (Å²) in [7, 11) is 1.64. The quantitative estimate of drug-likeness (QED) is 0.266. The van der Waals surface area contributed by atoms with E-state index in [1.54, 1.807) is 25.1 Å². The lowest BCUT2D eigenvalue weighted by Crippen LogP contribution is -2.03. The van der Waals surface area contributed by atoms with Crippen molar-refractivity contribution >= 4 is 29.6 Å². The van der Waals surface area contributed by atoms with Crippen molar-refractivity contribution in [3.05, 3.63) is 64.4 Å². The van der Waals surface area contributed by atoms with Crippen LogP contribution in [0.1, 0.15) is 43.6 Å². The highest BCUT2D eigenvalue weighted by atomic mass is 35.5. The number of methoxy groups -OCH3 is 1. The Kier molecular flexibility index (Phi) is 8.79. The summed E-state index contributed by atoms with van der Waals surface area (Å²) in [6, 6.07) is 13.6. The second-order valence-corrected chi connectivity index (χ2v) is 8.23. The normalized spacial score (nSPS) is 11.2. The molecule has 0 atom stereocenters. The van der Waals surface area contributed by atoms with Crippen LogP contribution in [-0.2, 0) is 12.2 Å². The van der Waals surface area contributed by atoms with E-state index in [-0.39, 0.29) is 0 Å². The van der Waals surface area contributed by atoms with Gasteiger partial charge in [-0.25, -0.2) is 0 Å². The number of hydrogen-bond donors (Lipinski definition) is 0. The van der Waals surface area contributed by atoms with Crippen molar-refractivity contribution in [2.45, 2.75) is 44.0 Å². The minimum absolute atomic E-state index is 0.608. The van der Waals surface area contributed by atoms with Crippen molar-refractivity contribution in [2.75, 3.05) is 13.7 Å². The number of nitrogens with zero attached hydrogens (tertiary/aromatic N) is 4. The van der Waals surface area contributed by atoms with Crippen molar-refractivity contribution in [3.63, 3.8) is 0 Å². The zero-order valence-electron chi connectivity index (χ0n) is 18.0. The molecule has 0 saturated heterocycles. The molecule has 0 bridgehead atoms. The third-order valence-corrected chi connectivity index (χ3v) is 5.67. The van der Waals surface area contributed by atoms with E-state index < -0.39 is 0 Å². The van der Waals surface area contributed by atoms with Gasteiger partial charge in [0.1, 0.15) is 0 Å². The fourth-order valence-corrected chi connectivity index (χ4v) is 3.87. The number of halogens is 1. The van der Waals surface area contributed by atoms with Crippen molar-refractivity contribution in [2.24, 2.45) is 5.10 Å². The monoisotopic (exact) mass is 458 g/mol. The van der Waals surface area contributed by atoms with Gasteiger partial charge in [0.2, 0.25) is 5.16 Å². The second-order valence-electron chi connectivity index (χ2n) is 6.85. The molecule has 3 aromatic rings. The molecule has 0 aliphatic rings. The molecule has 0 fully saturated rings. The lowest BCUT2D eigenvalue weighted by atomic mass is 10.2. The minimum atomic E-state index is 0.608. The fraction of sp³-hybridized carbons (Fsp3) is 0.348. The molecule has 0 radical (unpaired) electrons. The van der Waals surface area contributed by atoms with Crippen molar-refractivity contribution in [1.29, 1.82) is 0 Å². The Bertz CT molecular complexity index is 1010. The van der Waals surface area contributed by atoms with Crippen LogP contribution in [0, 0.1) is 0 Å². The smallest absolute Gasteiger partial charge is 0.212 e. The molecule has 0 amide bonds. The fourth-order valence-electron chi connectivity index (χ4n) is 2.88. The van der Waals surface area contributed by atoms with Gasteiger partial charge in [-0.15, -0.1) is 10.2 Å². The molecule has 0 N–H and O–H groups in total. The first-order chi connectivity index (χ1) is 15.2. The van der Waals surface area contributed by atoms with Crippen molar-refractivity contribution in [3.8, 4) is 11.5 Å². The van der Waals surface area contributed by atoms with E-state index in [4.69, 9.17) is 26.2 Å². The van der Waals surface area contributed by atoms with E-state index in [2.05, 4.69) is 24.0 Å². The lowest BCUT2D eigenvalue weighted by molar-refractivity contribution is 0.294. The molecule has 8 heteroatoms. The standard InChI is InChI=1S/C23H27ClN4O2S/c1-4-7-21-26-27-23(31-16-17-10-12-19(24)13-11-17)28(21)25-15-18-8-6-9-20(29-3)22(18)30-14-5-2/h6,8-13,15H,4-5,7,14,16H2,1-3H3/b25-15-. The summed E-state index contributed by atoms with van der Waals surface area (Å²) in [5.74, 6) is 2.96. The largest absolute Gasteiger partial charge is 0.493 e. The predicted octanol–water partition coefficient (Wildman–Crippen LogP) is 5.86. The van der Waals surface area contributed by atoms with Crippen LogP contribution >= 0.6 is 23.4 Å². The van der Waals surface area contributed by atoms with E-state index in [1.165, 1.54) is 0 Å². The van der Waals surface area contributed by atoms with Gasteiger partial charge in [-0.3, -0.25) is 0 Å². The van der Waals surface area contributed by atoms with E-state index in [0.29, 0.717) is 18.1 Å². The average molecular weight is 459 g/mol. The number of hydrogen-bond acceptors (Lipinski definition) is 6. The van der Waals surface area contributed by atoms with Crippen LogP contribution in [0.5, 0.6) is 11.5 Å². The van der Waals surface area contributed by atoms with Crippen LogP contribution in [0.4, 0.5) is 0 Å². The van der Waals surface area contributed by atoms with Crippen LogP contribution in [0.15, 0.2) is 52.7 Å². The molecule has 0 spiro atoms. The highest BCUT2D eigenvalue weighted by Crippen LogP contribution is 2.30. The van der Waals surface area contributed by atoms with Crippen LogP contribution in [-0.4, -0.2) is 34.8 Å². The van der Waals surface area contributed by atoms with Gasteiger partial charge in [0.25, 0.3) is 0 Å². The molecular formula is C23H27ClN4O2S. The summed E-state index contributed by atoms with van der Waals surface area (Å²) in [4.78, 5) is 0. The van der Waals surface area contributed by atoms with E-state index in [1.807, 2.05) is 47.1 Å². The number of benzene rings is 2. The summed E-state index contributed by atoms with van der Waals surface area (Å²) in [6.45, 7) is 4.79. The Morgan fingerprint density at radius 1 is 1.10 bits per heavy atom. The highest BCUT2D eigenvalue weighted by molar-refractivity contribution is 7.98. The Hall–Kier alpha value is -2.51. The van der Waals surface area contributed by atoms with Gasteiger partial charge in [0.15, 0.2) is 17.3 Å². The Labute approximate surface area is 192 Å². The zero-order chi connectivity index (χ0) is 22.1. The third kappa shape index (κ3) is 6.24. The summed E-state index contributed by atoms with van der Waals surface area (Å²) in [5.41, 5.74) is 2.01. The Balaban J connectivity index is 1.86. The number of rotatable bonds is 11. The van der Waals surface area contributed by atoms with Gasteiger partial charge in [-0.05, 0) is 42.7 Å². The van der Waals surface area contributed by atoms with Gasteiger partial charge in [-0.1, -0.05) is 55.4 Å². The first kappa shape index (κ1) is 23.2. The molecular weight excluding hydrogens is 432 g/mol. The van der Waals surface area contributed by atoms with Crippen molar-refractivity contribution < 1.29 is 9.47 Å². The molecule has 0 unspecified atom stereocenters. The molecule has 0 saturated carbocycles. The maximum atomic E-state index is 5.99. The molecule has 1 aromatic heterocycles. The zero-order valence-corrected chi connectivity index (χ0v) is 19.6. The molecule has 3 rings (SSSR count). The van der Waals surface area contributed by atoms with Gasteiger partial charge in [0, 0.05) is 22.8 Å². The SMILES string of the molecule is CCCOc1c(/C=N\n2c(CCC)nnc2SCc2ccc(Cl)cc2)cccc1OC. The van der Waals surface area contributed by atoms with Crippen LogP contribution in [0.25, 0.3) is 0 Å². The van der Waals surface area contributed by atoms with Gasteiger partial charge < -0.3 is 9.47 Å². The first-order valence-electron chi connectivity index (χ1n) is 10.3. The molecule has 164 valence electrons. The molecule has 0 aliphatic carbocycles. The Morgan fingerprint density at radius 2 is 1.90 bits per heavy atom. The molecule has 2 aromatic carbocycles. The van der Waals surface area contributed by atoms with E-state index in [9.17, 15) is 0 Å². The topological polar surface area (TPSA) is 61.5 Å². The summed E-state index contributed by atoms with van der Waals surface area (Å²) in [5, 5.41) is 14.9. The van der Waals surface area contributed by atoms with E-state index >= 15 is 0 Å². The summed E-state index contributed by atoms with van der Waals surface area (Å²) < 4.78 is 13.2. The molecule has 1 heterocycles. The van der Waals surface area contributed by atoms with Crippen LogP contribution < -0.4 is 9.47 Å². The maximum absolute atomic E-state index is 5.99. The van der Waals surface area contributed by atoms with Gasteiger partial charge in [0.05, 0.1) is 19.9 Å². The Morgan fingerprint density at radius 3 is 2.61 bits per heavy atom. The molecule has 31 heavy (non-hydrogen) atoms. The van der Waals surface area contributed by atoms with Crippen LogP contribution in [0.2, 0.25) is 5.02 Å². The number of aromatic nitrogens is 3. The first-order valence-corrected chi connectivity index (χ1v) is 11.7. The molecule has 6 nitrogen and oxygen atoms in total. The lowest BCUT2D eigenvalue weighted by Gasteiger charge is -2.12. The predicted molar refractivity (Wildman–Crippen MR) is 127 cm³/mol. The van der Waals surface area contributed by atoms with Gasteiger partial charge >= 0.3 is 0 Å². The summed E-state index contributed by atoms with van der Waals surface area (Å²) in [6.07, 6.45) is 4.44. The van der Waals surface area contributed by atoms with Crippen molar-refractivity contribution in [1.82, 2.24) is 14.9 Å². The molecule has 0 aliphatic heterocycles. The third-order valence-electron chi connectivity index (χ3n) is 4.42. The number of thioether (sulfide) groups is 1. The van der Waals surface area contributed by atoms with Gasteiger partial charge in [-0.2, -0.15) is 9.78 Å². The second kappa shape index (κ2) is 11.8. The number of aryl methyl sites for hydroxylation is 1. The maximum Gasteiger partial charge on any atom is 0.212 e. The number of para-hydroxylation sites is 1. The summed E-state index contributed by atoms with van der Waals surface area (Å²) >= 11 is 7.58.